The van der Waals surface area contributed by atoms with E-state index < -0.39 is 4.92 Å². The SMILES string of the molecule is CCCC(C)Nc1ncnc(N)c1[N+](=O)[O-]. The smallest absolute Gasteiger partial charge is 0.352 e. The first-order valence-electron chi connectivity index (χ1n) is 5.07. The number of rotatable bonds is 5. The van der Waals surface area contributed by atoms with E-state index in [1.807, 2.05) is 13.8 Å². The molecule has 3 N–H and O–H groups in total. The van der Waals surface area contributed by atoms with E-state index in [0.29, 0.717) is 0 Å². The molecule has 0 aliphatic heterocycles. The number of nitrogens with zero attached hydrogens (tertiary/aromatic N) is 3. The maximum absolute atomic E-state index is 10.8. The van der Waals surface area contributed by atoms with Crippen molar-refractivity contribution in [1.82, 2.24) is 9.97 Å². The van der Waals surface area contributed by atoms with E-state index >= 15 is 0 Å². The molecule has 88 valence electrons. The van der Waals surface area contributed by atoms with Gasteiger partial charge in [-0.2, -0.15) is 0 Å². The van der Waals surface area contributed by atoms with Crippen LogP contribution in [0.25, 0.3) is 0 Å². The van der Waals surface area contributed by atoms with Crippen LogP contribution in [0.3, 0.4) is 0 Å². The van der Waals surface area contributed by atoms with Gasteiger partial charge >= 0.3 is 5.69 Å². The maximum Gasteiger partial charge on any atom is 0.352 e. The molecule has 7 nitrogen and oxygen atoms in total. The van der Waals surface area contributed by atoms with Crippen molar-refractivity contribution >= 4 is 17.3 Å². The van der Waals surface area contributed by atoms with Crippen molar-refractivity contribution in [2.45, 2.75) is 32.7 Å². The first-order chi connectivity index (χ1) is 7.56. The van der Waals surface area contributed by atoms with Gasteiger partial charge in [0.2, 0.25) is 11.6 Å². The Hall–Kier alpha value is -1.92. The summed E-state index contributed by atoms with van der Waals surface area (Å²) in [5.41, 5.74) is 5.18. The molecule has 0 aliphatic carbocycles. The van der Waals surface area contributed by atoms with Gasteiger partial charge in [0.05, 0.1) is 4.92 Å². The predicted octanol–water partition coefficient (Wildman–Crippen LogP) is 1.57. The highest BCUT2D eigenvalue weighted by Crippen LogP contribution is 2.26. The Labute approximate surface area is 93.2 Å². The summed E-state index contributed by atoms with van der Waals surface area (Å²) < 4.78 is 0. The third-order valence-electron chi connectivity index (χ3n) is 2.14. The largest absolute Gasteiger partial charge is 0.378 e. The lowest BCUT2D eigenvalue weighted by Gasteiger charge is -2.13. The summed E-state index contributed by atoms with van der Waals surface area (Å²) in [6, 6.07) is 0.109. The van der Waals surface area contributed by atoms with Gasteiger partial charge < -0.3 is 11.1 Å². The Kier molecular flexibility index (Phi) is 3.98. The van der Waals surface area contributed by atoms with E-state index in [9.17, 15) is 10.1 Å². The van der Waals surface area contributed by atoms with Crippen molar-refractivity contribution in [2.24, 2.45) is 0 Å². The van der Waals surface area contributed by atoms with Crippen molar-refractivity contribution in [3.05, 3.63) is 16.4 Å². The van der Waals surface area contributed by atoms with Crippen LogP contribution >= 0.6 is 0 Å². The number of aromatic nitrogens is 2. The van der Waals surface area contributed by atoms with Crippen LogP contribution in [0.1, 0.15) is 26.7 Å². The standard InChI is InChI=1S/C9H15N5O2/c1-3-4-6(2)13-9-7(14(15)16)8(10)11-5-12-9/h5-6H,3-4H2,1-2H3,(H3,10,11,12,13). The lowest BCUT2D eigenvalue weighted by molar-refractivity contribution is -0.383. The molecular formula is C9H15N5O2. The van der Waals surface area contributed by atoms with Crippen LogP contribution in [0.4, 0.5) is 17.3 Å². The average molecular weight is 225 g/mol. The van der Waals surface area contributed by atoms with Crippen LogP contribution in [0.15, 0.2) is 6.33 Å². The molecule has 0 bridgehead atoms. The second-order valence-electron chi connectivity index (χ2n) is 3.55. The van der Waals surface area contributed by atoms with Gasteiger partial charge in [-0.25, -0.2) is 9.97 Å². The molecule has 0 spiro atoms. The van der Waals surface area contributed by atoms with Crippen molar-refractivity contribution < 1.29 is 4.92 Å². The van der Waals surface area contributed by atoms with Crippen LogP contribution < -0.4 is 11.1 Å². The lowest BCUT2D eigenvalue weighted by atomic mass is 10.2. The zero-order valence-corrected chi connectivity index (χ0v) is 9.30. The van der Waals surface area contributed by atoms with Crippen LogP contribution in [0.5, 0.6) is 0 Å². The topological polar surface area (TPSA) is 107 Å². The van der Waals surface area contributed by atoms with Gasteiger partial charge in [-0.15, -0.1) is 0 Å². The molecule has 1 unspecified atom stereocenters. The molecule has 7 heteroatoms. The molecule has 0 radical (unpaired) electrons. The number of hydrogen-bond acceptors (Lipinski definition) is 6. The number of nitrogens with two attached hydrogens (primary N) is 1. The zero-order chi connectivity index (χ0) is 12.1. The number of hydrogen-bond donors (Lipinski definition) is 2. The summed E-state index contributed by atoms with van der Waals surface area (Å²) in [6.45, 7) is 3.98. The third kappa shape index (κ3) is 2.78. The third-order valence-corrected chi connectivity index (χ3v) is 2.14. The Bertz CT molecular complexity index is 382. The van der Waals surface area contributed by atoms with Crippen LogP contribution in [0.2, 0.25) is 0 Å². The summed E-state index contributed by atoms with van der Waals surface area (Å²) in [4.78, 5) is 17.7. The molecule has 1 rings (SSSR count). The van der Waals surface area contributed by atoms with Gasteiger partial charge in [0.15, 0.2) is 0 Å². The van der Waals surface area contributed by atoms with Crippen molar-refractivity contribution in [3.8, 4) is 0 Å². The highest BCUT2D eigenvalue weighted by molar-refractivity contribution is 5.67. The molecule has 0 saturated heterocycles. The van der Waals surface area contributed by atoms with E-state index in [-0.39, 0.29) is 23.4 Å². The predicted molar refractivity (Wildman–Crippen MR) is 61.1 cm³/mol. The van der Waals surface area contributed by atoms with Crippen LogP contribution in [-0.2, 0) is 0 Å². The summed E-state index contributed by atoms with van der Waals surface area (Å²) in [7, 11) is 0. The lowest BCUT2D eigenvalue weighted by Crippen LogP contribution is -2.17. The van der Waals surface area contributed by atoms with E-state index in [2.05, 4.69) is 15.3 Å². The number of anilines is 2. The van der Waals surface area contributed by atoms with Crippen LogP contribution in [0, 0.1) is 10.1 Å². The normalized spacial score (nSPS) is 12.1. The fourth-order valence-electron chi connectivity index (χ4n) is 1.42. The fourth-order valence-corrected chi connectivity index (χ4v) is 1.42. The highest BCUT2D eigenvalue weighted by Gasteiger charge is 2.21. The fraction of sp³-hybridized carbons (Fsp3) is 0.556. The minimum absolute atomic E-state index is 0.109. The second kappa shape index (κ2) is 5.24. The Morgan fingerprint density at radius 1 is 1.62 bits per heavy atom. The van der Waals surface area contributed by atoms with Gasteiger partial charge in [0.1, 0.15) is 6.33 Å². The summed E-state index contributed by atoms with van der Waals surface area (Å²) >= 11 is 0. The van der Waals surface area contributed by atoms with Gasteiger partial charge in [-0.05, 0) is 13.3 Å². The summed E-state index contributed by atoms with van der Waals surface area (Å²) in [5.74, 6) is 0.0599. The van der Waals surface area contributed by atoms with Gasteiger partial charge in [0, 0.05) is 6.04 Å². The molecule has 0 fully saturated rings. The van der Waals surface area contributed by atoms with Gasteiger partial charge in [-0.3, -0.25) is 10.1 Å². The van der Waals surface area contributed by atoms with Crippen molar-refractivity contribution in [3.63, 3.8) is 0 Å². The van der Waals surface area contributed by atoms with E-state index in [0.717, 1.165) is 12.8 Å². The first-order valence-corrected chi connectivity index (χ1v) is 5.07. The minimum Gasteiger partial charge on any atom is -0.378 e. The number of nitrogen functional groups attached to an aromatic ring is 1. The quantitative estimate of drug-likeness (QED) is 0.581. The van der Waals surface area contributed by atoms with Gasteiger partial charge in [-0.1, -0.05) is 13.3 Å². The second-order valence-corrected chi connectivity index (χ2v) is 3.55. The minimum atomic E-state index is -0.573. The molecule has 0 saturated carbocycles. The summed E-state index contributed by atoms with van der Waals surface area (Å²) in [6.07, 6.45) is 3.10. The first kappa shape index (κ1) is 12.2. The van der Waals surface area contributed by atoms with E-state index in [1.165, 1.54) is 6.33 Å². The Morgan fingerprint density at radius 2 is 2.31 bits per heavy atom. The molecule has 1 aromatic heterocycles. The monoisotopic (exact) mass is 225 g/mol. The molecule has 1 heterocycles. The average Bonchev–Trinajstić information content (AvgIpc) is 2.17. The van der Waals surface area contributed by atoms with E-state index in [1.54, 1.807) is 0 Å². The number of nitrogens with one attached hydrogen (secondary N) is 1. The van der Waals surface area contributed by atoms with E-state index in [4.69, 9.17) is 5.73 Å². The van der Waals surface area contributed by atoms with Crippen molar-refractivity contribution in [2.75, 3.05) is 11.1 Å². The zero-order valence-electron chi connectivity index (χ0n) is 9.30. The molecule has 0 aliphatic rings. The summed E-state index contributed by atoms with van der Waals surface area (Å²) in [5, 5.41) is 13.7. The highest BCUT2D eigenvalue weighted by atomic mass is 16.6. The number of nitro groups is 1. The Balaban J connectivity index is 2.95. The van der Waals surface area contributed by atoms with Crippen molar-refractivity contribution in [1.29, 1.82) is 0 Å². The maximum atomic E-state index is 10.8. The Morgan fingerprint density at radius 3 is 2.88 bits per heavy atom. The molecule has 16 heavy (non-hydrogen) atoms. The molecule has 0 amide bonds. The molecule has 1 aromatic rings. The molecular weight excluding hydrogens is 210 g/mol. The molecule has 0 aromatic carbocycles. The van der Waals surface area contributed by atoms with Crippen LogP contribution in [-0.4, -0.2) is 20.9 Å². The van der Waals surface area contributed by atoms with Gasteiger partial charge in [0.25, 0.3) is 0 Å². The molecule has 1 atom stereocenters.